The zero-order valence-electron chi connectivity index (χ0n) is 15.4. The summed E-state index contributed by atoms with van der Waals surface area (Å²) < 4.78 is 5.47. The molecule has 28 heavy (non-hydrogen) atoms. The number of aryl methyl sites for hydroxylation is 1. The first-order chi connectivity index (χ1) is 13.6. The van der Waals surface area contributed by atoms with E-state index in [0.29, 0.717) is 6.42 Å². The molecule has 0 heterocycles. The Kier molecular flexibility index (Phi) is 6.58. The first-order valence-electron chi connectivity index (χ1n) is 9.22. The maximum absolute atomic E-state index is 13.0. The van der Waals surface area contributed by atoms with Gasteiger partial charge in [0.05, 0.1) is 0 Å². The molecule has 0 bridgehead atoms. The van der Waals surface area contributed by atoms with Crippen LogP contribution < -0.4 is 0 Å². The lowest BCUT2D eigenvalue weighted by atomic mass is 9.91. The molecule has 0 aliphatic heterocycles. The molecule has 3 aromatic carbocycles. The highest BCUT2D eigenvalue weighted by atomic mass is 16.6. The first-order valence-corrected chi connectivity index (χ1v) is 9.22. The van der Waals surface area contributed by atoms with E-state index in [9.17, 15) is 14.7 Å². The molecular weight excluding hydrogens is 352 g/mol. The van der Waals surface area contributed by atoms with Gasteiger partial charge in [0, 0.05) is 0 Å². The molecule has 0 amide bonds. The highest BCUT2D eigenvalue weighted by molar-refractivity contribution is 5.85. The molecule has 4 nitrogen and oxygen atoms in total. The van der Waals surface area contributed by atoms with Crippen LogP contribution in [-0.4, -0.2) is 23.1 Å². The fourth-order valence-corrected chi connectivity index (χ4v) is 3.14. The van der Waals surface area contributed by atoms with Gasteiger partial charge in [-0.05, 0) is 29.5 Å². The molecule has 0 radical (unpaired) electrons. The Balaban J connectivity index is 1.78. The number of esters is 1. The molecule has 142 valence electrons. The van der Waals surface area contributed by atoms with Gasteiger partial charge in [0.15, 0.2) is 6.10 Å². The van der Waals surface area contributed by atoms with Crippen LogP contribution in [0.3, 0.4) is 0 Å². The van der Waals surface area contributed by atoms with Crippen molar-refractivity contribution in [3.63, 3.8) is 0 Å². The largest absolute Gasteiger partial charge is 0.479 e. The van der Waals surface area contributed by atoms with E-state index >= 15 is 0 Å². The standard InChI is InChI=1S/C24H22O4/c25-23(26)21(17-16-18-10-4-1-5-11-18)28-24(27)22(19-12-6-2-7-13-19)20-14-8-3-9-15-20/h1-15,21-22H,16-17H2,(H,25,26). The number of carboxylic acids is 1. The predicted molar refractivity (Wildman–Crippen MR) is 107 cm³/mol. The third-order valence-corrected chi connectivity index (χ3v) is 4.57. The lowest BCUT2D eigenvalue weighted by Crippen LogP contribution is -2.30. The molecule has 0 aromatic heterocycles. The van der Waals surface area contributed by atoms with Crippen LogP contribution in [0.15, 0.2) is 91.0 Å². The normalized spacial score (nSPS) is 11.8. The predicted octanol–water partition coefficient (Wildman–Crippen LogP) is 4.45. The van der Waals surface area contributed by atoms with Gasteiger partial charge in [0.1, 0.15) is 5.92 Å². The molecular formula is C24H22O4. The van der Waals surface area contributed by atoms with Gasteiger partial charge in [0.25, 0.3) is 0 Å². The SMILES string of the molecule is O=C(O)C(CCc1ccccc1)OC(=O)C(c1ccccc1)c1ccccc1. The average Bonchev–Trinajstić information content (AvgIpc) is 2.73. The number of aliphatic carboxylic acids is 1. The van der Waals surface area contributed by atoms with E-state index in [0.717, 1.165) is 16.7 Å². The van der Waals surface area contributed by atoms with Crippen molar-refractivity contribution in [2.75, 3.05) is 0 Å². The summed E-state index contributed by atoms with van der Waals surface area (Å²) in [4.78, 5) is 24.7. The number of hydrogen-bond donors (Lipinski definition) is 1. The Hall–Kier alpha value is -3.40. The molecule has 0 saturated heterocycles. The summed E-state index contributed by atoms with van der Waals surface area (Å²) in [5, 5.41) is 9.55. The Bertz CT molecular complexity index is 852. The Morgan fingerprint density at radius 2 is 1.21 bits per heavy atom. The molecule has 0 aliphatic rings. The topological polar surface area (TPSA) is 63.6 Å². The summed E-state index contributed by atoms with van der Waals surface area (Å²) in [6.45, 7) is 0. The third kappa shape index (κ3) is 5.07. The van der Waals surface area contributed by atoms with Crippen molar-refractivity contribution in [3.8, 4) is 0 Å². The van der Waals surface area contributed by atoms with Crippen LogP contribution in [0.1, 0.15) is 29.0 Å². The van der Waals surface area contributed by atoms with Gasteiger partial charge in [0.2, 0.25) is 0 Å². The average molecular weight is 374 g/mol. The fraction of sp³-hybridized carbons (Fsp3) is 0.167. The van der Waals surface area contributed by atoms with Gasteiger partial charge in [-0.3, -0.25) is 4.79 Å². The van der Waals surface area contributed by atoms with Crippen molar-refractivity contribution in [1.29, 1.82) is 0 Å². The van der Waals surface area contributed by atoms with Crippen LogP contribution in [0.2, 0.25) is 0 Å². The van der Waals surface area contributed by atoms with Gasteiger partial charge >= 0.3 is 11.9 Å². The lowest BCUT2D eigenvalue weighted by Gasteiger charge is -2.20. The third-order valence-electron chi connectivity index (χ3n) is 4.57. The molecule has 0 spiro atoms. The van der Waals surface area contributed by atoms with Crippen molar-refractivity contribution in [2.24, 2.45) is 0 Å². The summed E-state index contributed by atoms with van der Waals surface area (Å²) in [5.41, 5.74) is 2.55. The molecule has 0 fully saturated rings. The second-order valence-electron chi connectivity index (χ2n) is 6.54. The minimum atomic E-state index is -1.19. The van der Waals surface area contributed by atoms with Crippen LogP contribution in [0, 0.1) is 0 Å². The van der Waals surface area contributed by atoms with E-state index in [-0.39, 0.29) is 6.42 Å². The van der Waals surface area contributed by atoms with Crippen LogP contribution in [0.25, 0.3) is 0 Å². The van der Waals surface area contributed by atoms with E-state index in [1.165, 1.54) is 0 Å². The summed E-state index contributed by atoms with van der Waals surface area (Å²) in [6.07, 6.45) is -0.448. The lowest BCUT2D eigenvalue weighted by molar-refractivity contribution is -0.164. The van der Waals surface area contributed by atoms with Gasteiger partial charge in [-0.1, -0.05) is 91.0 Å². The van der Waals surface area contributed by atoms with Crippen molar-refractivity contribution in [1.82, 2.24) is 0 Å². The van der Waals surface area contributed by atoms with Crippen LogP contribution >= 0.6 is 0 Å². The number of rotatable bonds is 8. The van der Waals surface area contributed by atoms with E-state index in [1.807, 2.05) is 91.0 Å². The number of hydrogen-bond acceptors (Lipinski definition) is 3. The molecule has 4 heteroatoms. The van der Waals surface area contributed by atoms with Gasteiger partial charge in [-0.2, -0.15) is 0 Å². The maximum atomic E-state index is 13.0. The van der Waals surface area contributed by atoms with E-state index in [1.54, 1.807) is 0 Å². The van der Waals surface area contributed by atoms with Crippen molar-refractivity contribution in [3.05, 3.63) is 108 Å². The molecule has 3 aromatic rings. The Labute approximate surface area is 164 Å². The zero-order chi connectivity index (χ0) is 19.8. The molecule has 1 unspecified atom stereocenters. The van der Waals surface area contributed by atoms with E-state index in [2.05, 4.69) is 0 Å². The van der Waals surface area contributed by atoms with E-state index in [4.69, 9.17) is 4.74 Å². The monoisotopic (exact) mass is 374 g/mol. The molecule has 0 saturated carbocycles. The Morgan fingerprint density at radius 1 is 0.750 bits per heavy atom. The van der Waals surface area contributed by atoms with Gasteiger partial charge < -0.3 is 9.84 Å². The highest BCUT2D eigenvalue weighted by Crippen LogP contribution is 2.27. The van der Waals surface area contributed by atoms with Crippen molar-refractivity contribution < 1.29 is 19.4 Å². The molecule has 1 N–H and O–H groups in total. The number of benzene rings is 3. The van der Waals surface area contributed by atoms with Crippen LogP contribution in [-0.2, 0) is 20.7 Å². The summed E-state index contributed by atoms with van der Waals surface area (Å²) in [5.74, 6) is -2.36. The number of carbonyl (C=O) groups excluding carboxylic acids is 1. The second kappa shape index (κ2) is 9.51. The van der Waals surface area contributed by atoms with Crippen LogP contribution in [0.4, 0.5) is 0 Å². The minimum Gasteiger partial charge on any atom is -0.479 e. The summed E-state index contributed by atoms with van der Waals surface area (Å²) in [7, 11) is 0. The highest BCUT2D eigenvalue weighted by Gasteiger charge is 2.29. The molecule has 3 rings (SSSR count). The quantitative estimate of drug-likeness (QED) is 0.592. The molecule has 0 aliphatic carbocycles. The fourth-order valence-electron chi connectivity index (χ4n) is 3.14. The number of ether oxygens (including phenoxy) is 1. The van der Waals surface area contributed by atoms with Gasteiger partial charge in [-0.15, -0.1) is 0 Å². The number of carbonyl (C=O) groups is 2. The molecule has 1 atom stereocenters. The first kappa shape index (κ1) is 19.4. The summed E-state index contributed by atoms with van der Waals surface area (Å²) >= 11 is 0. The van der Waals surface area contributed by atoms with Crippen LogP contribution in [0.5, 0.6) is 0 Å². The summed E-state index contributed by atoms with van der Waals surface area (Å²) in [6, 6.07) is 28.1. The smallest absolute Gasteiger partial charge is 0.345 e. The van der Waals surface area contributed by atoms with Gasteiger partial charge in [-0.25, -0.2) is 4.79 Å². The minimum absolute atomic E-state index is 0.224. The number of carboxylic acid groups (broad SMARTS) is 1. The maximum Gasteiger partial charge on any atom is 0.345 e. The zero-order valence-corrected chi connectivity index (χ0v) is 15.4. The van der Waals surface area contributed by atoms with Crippen molar-refractivity contribution >= 4 is 11.9 Å². The van der Waals surface area contributed by atoms with E-state index < -0.39 is 24.0 Å². The Morgan fingerprint density at radius 3 is 1.68 bits per heavy atom. The van der Waals surface area contributed by atoms with Crippen molar-refractivity contribution in [2.45, 2.75) is 24.9 Å². The second-order valence-corrected chi connectivity index (χ2v) is 6.54.